The van der Waals surface area contributed by atoms with Gasteiger partial charge in [0.1, 0.15) is 6.04 Å². The molecule has 1 heterocycles. The lowest BCUT2D eigenvalue weighted by atomic mass is 10.1. The van der Waals surface area contributed by atoms with E-state index in [0.717, 1.165) is 10.0 Å². The molecule has 0 saturated heterocycles. The van der Waals surface area contributed by atoms with Gasteiger partial charge in [0.2, 0.25) is 5.89 Å². The summed E-state index contributed by atoms with van der Waals surface area (Å²) in [7, 11) is 0. The van der Waals surface area contributed by atoms with E-state index < -0.39 is 12.1 Å². The minimum atomic E-state index is -1.08. The number of hydrogen-bond acceptors (Lipinski definition) is 4. The summed E-state index contributed by atoms with van der Waals surface area (Å²) >= 11 is 3.36. The number of amides is 2. The van der Waals surface area contributed by atoms with Crippen LogP contribution in [0.5, 0.6) is 0 Å². The Kier molecular flexibility index (Phi) is 7.02. The van der Waals surface area contributed by atoms with Crippen LogP contribution in [0, 0.1) is 0 Å². The monoisotopic (exact) mass is 457 g/mol. The summed E-state index contributed by atoms with van der Waals surface area (Å²) in [5.74, 6) is 0.718. The average Bonchev–Trinajstić information content (AvgIpc) is 3.21. The lowest BCUT2D eigenvalue weighted by Gasteiger charge is -2.16. The molecule has 0 bridgehead atoms. The highest BCUT2D eigenvalue weighted by atomic mass is 79.9. The molecule has 0 aliphatic carbocycles. The predicted octanol–water partition coefficient (Wildman–Crippen LogP) is 4.62. The zero-order valence-electron chi connectivity index (χ0n) is 15.5. The maximum Gasteiger partial charge on any atom is 0.404 e. The average molecular weight is 458 g/mol. The lowest BCUT2D eigenvalue weighted by molar-refractivity contribution is 0.0927. The third-order valence-corrected chi connectivity index (χ3v) is 4.71. The molecule has 0 unspecified atom stereocenters. The molecule has 0 fully saturated rings. The summed E-state index contributed by atoms with van der Waals surface area (Å²) in [5.41, 5.74) is 1.39. The molecule has 0 saturated carbocycles. The fraction of sp³-hybridized carbons (Fsp3) is 0.190. The summed E-state index contributed by atoms with van der Waals surface area (Å²) < 4.78 is 6.70. The Hall–Kier alpha value is -3.13. The second-order valence-corrected chi connectivity index (χ2v) is 7.26. The van der Waals surface area contributed by atoms with Gasteiger partial charge in [-0.3, -0.25) is 4.79 Å². The van der Waals surface area contributed by atoms with E-state index in [2.05, 4.69) is 31.5 Å². The van der Waals surface area contributed by atoms with Crippen LogP contribution in [-0.4, -0.2) is 28.6 Å². The number of nitrogens with one attached hydrogen (secondary N) is 2. The van der Waals surface area contributed by atoms with Crippen LogP contribution in [0.2, 0.25) is 0 Å². The van der Waals surface area contributed by atoms with Crippen LogP contribution in [0.3, 0.4) is 0 Å². The molecule has 150 valence electrons. The van der Waals surface area contributed by atoms with Crippen molar-refractivity contribution in [3.05, 3.63) is 76.7 Å². The van der Waals surface area contributed by atoms with Gasteiger partial charge in [-0.05, 0) is 31.0 Å². The molecule has 3 aromatic rings. The molecule has 3 rings (SSSR count). The fourth-order valence-electron chi connectivity index (χ4n) is 2.81. The van der Waals surface area contributed by atoms with Gasteiger partial charge in [0, 0.05) is 22.1 Å². The van der Waals surface area contributed by atoms with Crippen LogP contribution in [0.1, 0.15) is 35.1 Å². The van der Waals surface area contributed by atoms with Crippen LogP contribution < -0.4 is 10.6 Å². The highest BCUT2D eigenvalue weighted by Gasteiger charge is 2.21. The number of carboxylic acid groups (broad SMARTS) is 1. The van der Waals surface area contributed by atoms with Crippen molar-refractivity contribution in [1.82, 2.24) is 15.6 Å². The molecule has 0 aliphatic rings. The van der Waals surface area contributed by atoms with E-state index in [1.807, 2.05) is 36.4 Å². The third kappa shape index (κ3) is 5.92. The number of nitrogens with zero attached hydrogens (tertiary/aromatic N) is 1. The van der Waals surface area contributed by atoms with E-state index in [1.54, 1.807) is 24.4 Å². The highest BCUT2D eigenvalue weighted by Crippen LogP contribution is 2.25. The van der Waals surface area contributed by atoms with Crippen molar-refractivity contribution in [3.8, 4) is 11.3 Å². The standard InChI is InChI=1S/C21H20BrN3O4/c22-16-9-4-8-15(12-16)19(26)25-17(10-5-11-23-21(27)28)20-24-13-18(29-20)14-6-2-1-3-7-14/h1-4,6-9,12-13,17,23H,5,10-11H2,(H,25,26)(H,27,28)/t17-/m0/s1. The maximum atomic E-state index is 12.7. The molecule has 1 atom stereocenters. The SMILES string of the molecule is O=C(O)NCCC[C@H](NC(=O)c1cccc(Br)c1)c1ncc(-c2ccccc2)o1. The highest BCUT2D eigenvalue weighted by molar-refractivity contribution is 9.10. The Morgan fingerprint density at radius 2 is 1.93 bits per heavy atom. The first-order valence-corrected chi connectivity index (χ1v) is 9.86. The molecule has 0 aliphatic heterocycles. The van der Waals surface area contributed by atoms with Crippen LogP contribution in [0.4, 0.5) is 4.79 Å². The summed E-state index contributed by atoms with van der Waals surface area (Å²) in [6, 6.07) is 16.1. The van der Waals surface area contributed by atoms with Gasteiger partial charge in [-0.1, -0.05) is 52.3 Å². The second kappa shape index (κ2) is 9.88. The number of oxazole rings is 1. The van der Waals surface area contributed by atoms with Crippen molar-refractivity contribution in [3.63, 3.8) is 0 Å². The molecular weight excluding hydrogens is 438 g/mol. The van der Waals surface area contributed by atoms with Gasteiger partial charge in [-0.25, -0.2) is 9.78 Å². The molecule has 29 heavy (non-hydrogen) atoms. The van der Waals surface area contributed by atoms with Gasteiger partial charge in [0.15, 0.2) is 5.76 Å². The van der Waals surface area contributed by atoms with Gasteiger partial charge in [-0.2, -0.15) is 0 Å². The Morgan fingerprint density at radius 1 is 1.14 bits per heavy atom. The summed E-state index contributed by atoms with van der Waals surface area (Å²) in [6.07, 6.45) is 1.52. The Bertz CT molecular complexity index is 975. The molecule has 0 spiro atoms. The van der Waals surface area contributed by atoms with E-state index in [1.165, 1.54) is 0 Å². The zero-order chi connectivity index (χ0) is 20.6. The number of hydrogen-bond donors (Lipinski definition) is 3. The van der Waals surface area contributed by atoms with Crippen LogP contribution in [0.15, 0.2) is 69.7 Å². The number of carbonyl (C=O) groups excluding carboxylic acids is 1. The van der Waals surface area contributed by atoms with Gasteiger partial charge in [0.25, 0.3) is 5.91 Å². The minimum Gasteiger partial charge on any atom is -0.465 e. The second-order valence-electron chi connectivity index (χ2n) is 6.34. The number of benzene rings is 2. The maximum absolute atomic E-state index is 12.7. The summed E-state index contributed by atoms with van der Waals surface area (Å²) in [5, 5.41) is 14.0. The minimum absolute atomic E-state index is 0.262. The van der Waals surface area contributed by atoms with Crippen LogP contribution in [0.25, 0.3) is 11.3 Å². The van der Waals surface area contributed by atoms with E-state index in [0.29, 0.717) is 30.1 Å². The molecule has 3 N–H and O–H groups in total. The fourth-order valence-corrected chi connectivity index (χ4v) is 3.21. The Balaban J connectivity index is 1.76. The molecule has 2 aromatic carbocycles. The Morgan fingerprint density at radius 3 is 2.66 bits per heavy atom. The topological polar surface area (TPSA) is 104 Å². The van der Waals surface area contributed by atoms with Crippen molar-refractivity contribution < 1.29 is 19.1 Å². The first-order chi connectivity index (χ1) is 14.0. The number of aromatic nitrogens is 1. The van der Waals surface area contributed by atoms with Crippen molar-refractivity contribution in [2.24, 2.45) is 0 Å². The van der Waals surface area contributed by atoms with Crippen molar-refractivity contribution in [1.29, 1.82) is 0 Å². The van der Waals surface area contributed by atoms with Gasteiger partial charge < -0.3 is 20.2 Å². The Labute approximate surface area is 176 Å². The smallest absolute Gasteiger partial charge is 0.404 e. The molecule has 8 heteroatoms. The van der Waals surface area contributed by atoms with Crippen molar-refractivity contribution in [2.75, 3.05) is 6.54 Å². The molecule has 1 aromatic heterocycles. The van der Waals surface area contributed by atoms with Crippen LogP contribution >= 0.6 is 15.9 Å². The number of halogens is 1. The van der Waals surface area contributed by atoms with Gasteiger partial charge >= 0.3 is 6.09 Å². The first-order valence-electron chi connectivity index (χ1n) is 9.07. The van der Waals surface area contributed by atoms with E-state index in [-0.39, 0.29) is 12.5 Å². The normalized spacial score (nSPS) is 11.6. The number of rotatable bonds is 8. The van der Waals surface area contributed by atoms with E-state index >= 15 is 0 Å². The largest absolute Gasteiger partial charge is 0.465 e. The van der Waals surface area contributed by atoms with Crippen LogP contribution in [-0.2, 0) is 0 Å². The molecule has 7 nitrogen and oxygen atoms in total. The quantitative estimate of drug-likeness (QED) is 0.428. The van der Waals surface area contributed by atoms with Crippen molar-refractivity contribution in [2.45, 2.75) is 18.9 Å². The van der Waals surface area contributed by atoms with Gasteiger partial charge in [-0.15, -0.1) is 0 Å². The van der Waals surface area contributed by atoms with Gasteiger partial charge in [0.05, 0.1) is 6.20 Å². The number of carbonyl (C=O) groups is 2. The van der Waals surface area contributed by atoms with E-state index in [4.69, 9.17) is 9.52 Å². The van der Waals surface area contributed by atoms with Crippen molar-refractivity contribution >= 4 is 27.9 Å². The molecule has 2 amide bonds. The molecular formula is C21H20BrN3O4. The third-order valence-electron chi connectivity index (χ3n) is 4.22. The summed E-state index contributed by atoms with van der Waals surface area (Å²) in [6.45, 7) is 0.269. The molecule has 0 radical (unpaired) electrons. The van der Waals surface area contributed by atoms with E-state index in [9.17, 15) is 9.59 Å². The first kappa shape index (κ1) is 20.6. The zero-order valence-corrected chi connectivity index (χ0v) is 17.1. The summed E-state index contributed by atoms with van der Waals surface area (Å²) in [4.78, 5) is 27.7. The predicted molar refractivity (Wildman–Crippen MR) is 112 cm³/mol. The lowest BCUT2D eigenvalue weighted by Crippen LogP contribution is -2.30.